The summed E-state index contributed by atoms with van der Waals surface area (Å²) in [7, 11) is -3.29. The molecule has 0 aliphatic heterocycles. The molecule has 0 atom stereocenters. The Morgan fingerprint density at radius 2 is 1.93 bits per heavy atom. The summed E-state index contributed by atoms with van der Waals surface area (Å²) < 4.78 is 31.5. The van der Waals surface area contributed by atoms with Crippen molar-refractivity contribution in [2.24, 2.45) is 0 Å². The third-order valence-electron chi connectivity index (χ3n) is 3.67. The Morgan fingerprint density at radius 3 is 2.52 bits per heavy atom. The maximum Gasteiger partial charge on any atom is 0.326 e. The number of nitro benzene ring substituents is 1. The van der Waals surface area contributed by atoms with E-state index in [1.807, 2.05) is 0 Å². The van der Waals surface area contributed by atoms with Crippen molar-refractivity contribution in [3.63, 3.8) is 0 Å². The first-order valence-electron chi connectivity index (χ1n) is 7.38. The monoisotopic (exact) mass is 432 g/mol. The van der Waals surface area contributed by atoms with E-state index < -0.39 is 27.5 Å². The molecule has 0 radical (unpaired) electrons. The summed E-state index contributed by atoms with van der Waals surface area (Å²) in [5.74, 6) is -0.851. The molecule has 2 aromatic carbocycles. The first-order valence-corrected chi connectivity index (χ1v) is 9.57. The SMILES string of the molecule is COC(=O)CN(c1cccc(Cl)c1Cl)S(=O)(=O)c1ccc(C)c([N+](=O)[O-])c1. The van der Waals surface area contributed by atoms with E-state index in [-0.39, 0.29) is 26.3 Å². The predicted octanol–water partition coefficient (Wildman–Crippen LogP) is 3.58. The van der Waals surface area contributed by atoms with Gasteiger partial charge in [0.05, 0.1) is 32.7 Å². The van der Waals surface area contributed by atoms with Gasteiger partial charge in [-0.1, -0.05) is 35.3 Å². The summed E-state index contributed by atoms with van der Waals surface area (Å²) >= 11 is 12.1. The molecule has 0 aliphatic rings. The number of carbonyl (C=O) groups excluding carboxylic acids is 1. The summed E-state index contributed by atoms with van der Waals surface area (Å²) in [5.41, 5.74) is -0.136. The smallest absolute Gasteiger partial charge is 0.326 e. The second-order valence-corrected chi connectivity index (χ2v) is 8.01. The lowest BCUT2D eigenvalue weighted by molar-refractivity contribution is -0.385. The fraction of sp³-hybridized carbons (Fsp3) is 0.188. The molecule has 0 saturated carbocycles. The Kier molecular flexibility index (Phi) is 6.30. The minimum Gasteiger partial charge on any atom is -0.468 e. The maximum absolute atomic E-state index is 13.1. The minimum atomic E-state index is -4.39. The van der Waals surface area contributed by atoms with E-state index in [1.165, 1.54) is 37.3 Å². The number of nitro groups is 1. The zero-order valence-corrected chi connectivity index (χ0v) is 16.5. The highest BCUT2D eigenvalue weighted by atomic mass is 35.5. The topological polar surface area (TPSA) is 107 Å². The van der Waals surface area contributed by atoms with Gasteiger partial charge in [-0.15, -0.1) is 0 Å². The third-order valence-corrected chi connectivity index (χ3v) is 6.23. The molecular weight excluding hydrogens is 419 g/mol. The van der Waals surface area contributed by atoms with E-state index >= 15 is 0 Å². The Morgan fingerprint density at radius 1 is 1.26 bits per heavy atom. The van der Waals surface area contributed by atoms with Crippen LogP contribution in [0.2, 0.25) is 10.0 Å². The molecule has 0 bridgehead atoms. The van der Waals surface area contributed by atoms with Crippen molar-refractivity contribution in [2.75, 3.05) is 18.0 Å². The van der Waals surface area contributed by atoms with Crippen molar-refractivity contribution in [3.05, 3.63) is 62.1 Å². The van der Waals surface area contributed by atoms with E-state index in [1.54, 1.807) is 0 Å². The second kappa shape index (κ2) is 8.12. The summed E-state index contributed by atoms with van der Waals surface area (Å²) in [6.45, 7) is 0.787. The Bertz CT molecular complexity index is 1010. The number of nitrogens with zero attached hydrogens (tertiary/aromatic N) is 2. The number of carbonyl (C=O) groups is 1. The van der Waals surface area contributed by atoms with Gasteiger partial charge >= 0.3 is 5.97 Å². The van der Waals surface area contributed by atoms with E-state index in [0.29, 0.717) is 9.87 Å². The zero-order valence-electron chi connectivity index (χ0n) is 14.2. The third kappa shape index (κ3) is 4.32. The van der Waals surface area contributed by atoms with Crippen molar-refractivity contribution < 1.29 is 22.9 Å². The van der Waals surface area contributed by atoms with Crippen LogP contribution in [0.5, 0.6) is 0 Å². The number of rotatable bonds is 6. The highest BCUT2D eigenvalue weighted by Crippen LogP contribution is 2.36. The van der Waals surface area contributed by atoms with Gasteiger partial charge in [-0.2, -0.15) is 0 Å². The van der Waals surface area contributed by atoms with Crippen LogP contribution in [0.25, 0.3) is 0 Å². The quantitative estimate of drug-likeness (QED) is 0.392. The molecule has 0 heterocycles. The molecule has 0 unspecified atom stereocenters. The van der Waals surface area contributed by atoms with E-state index in [4.69, 9.17) is 23.2 Å². The Labute approximate surface area is 165 Å². The van der Waals surface area contributed by atoms with Crippen LogP contribution in [0.4, 0.5) is 11.4 Å². The average Bonchev–Trinajstić information content (AvgIpc) is 2.61. The molecule has 0 fully saturated rings. The van der Waals surface area contributed by atoms with Gasteiger partial charge in [0.2, 0.25) is 0 Å². The largest absolute Gasteiger partial charge is 0.468 e. The number of ether oxygens (including phenoxy) is 1. The number of hydrogen-bond acceptors (Lipinski definition) is 6. The van der Waals surface area contributed by atoms with E-state index in [2.05, 4.69) is 4.74 Å². The zero-order chi connectivity index (χ0) is 20.4. The van der Waals surface area contributed by atoms with Gasteiger partial charge in [0.1, 0.15) is 6.54 Å². The summed E-state index contributed by atoms with van der Waals surface area (Å²) in [5, 5.41) is 11.1. The van der Waals surface area contributed by atoms with Crippen molar-refractivity contribution in [3.8, 4) is 0 Å². The number of anilines is 1. The molecule has 27 heavy (non-hydrogen) atoms. The van der Waals surface area contributed by atoms with Crippen molar-refractivity contribution >= 4 is 50.6 Å². The fourth-order valence-corrected chi connectivity index (χ4v) is 4.13. The van der Waals surface area contributed by atoms with Crippen LogP contribution in [0.1, 0.15) is 5.56 Å². The van der Waals surface area contributed by atoms with Crippen LogP contribution in [0.15, 0.2) is 41.3 Å². The van der Waals surface area contributed by atoms with Gasteiger partial charge in [-0.25, -0.2) is 8.42 Å². The number of esters is 1. The number of halogens is 2. The van der Waals surface area contributed by atoms with Gasteiger partial charge in [0.25, 0.3) is 15.7 Å². The first kappa shape index (κ1) is 20.9. The van der Waals surface area contributed by atoms with Crippen molar-refractivity contribution in [1.29, 1.82) is 0 Å². The predicted molar refractivity (Wildman–Crippen MR) is 101 cm³/mol. The number of hydrogen-bond donors (Lipinski definition) is 0. The standard InChI is InChI=1S/C16H14Cl2N2O6S/c1-10-6-7-11(8-14(10)20(22)23)27(24,25)19(9-15(21)26-2)13-5-3-4-12(17)16(13)18/h3-8H,9H2,1-2H3. The summed E-state index contributed by atoms with van der Waals surface area (Å²) in [6.07, 6.45) is 0. The molecule has 2 aromatic rings. The van der Waals surface area contributed by atoms with Gasteiger partial charge in [-0.3, -0.25) is 19.2 Å². The van der Waals surface area contributed by atoms with E-state index in [9.17, 15) is 23.3 Å². The number of aryl methyl sites for hydroxylation is 1. The lowest BCUT2D eigenvalue weighted by atomic mass is 10.2. The minimum absolute atomic E-state index is 0.0576. The molecule has 0 saturated heterocycles. The maximum atomic E-state index is 13.1. The fourth-order valence-electron chi connectivity index (χ4n) is 2.24. The Balaban J connectivity index is 2.67. The van der Waals surface area contributed by atoms with Gasteiger partial charge in [0.15, 0.2) is 0 Å². The number of benzene rings is 2. The average molecular weight is 433 g/mol. The van der Waals surface area contributed by atoms with Crippen LogP contribution in [-0.4, -0.2) is 33.0 Å². The van der Waals surface area contributed by atoms with Crippen LogP contribution >= 0.6 is 23.2 Å². The van der Waals surface area contributed by atoms with E-state index in [0.717, 1.165) is 13.2 Å². The lowest BCUT2D eigenvalue weighted by Gasteiger charge is -2.24. The van der Waals surface area contributed by atoms with Gasteiger partial charge in [0, 0.05) is 11.6 Å². The number of sulfonamides is 1. The van der Waals surface area contributed by atoms with Crippen LogP contribution in [0, 0.1) is 17.0 Å². The molecule has 11 heteroatoms. The molecule has 0 N–H and O–H groups in total. The van der Waals surface area contributed by atoms with Gasteiger partial charge in [-0.05, 0) is 25.1 Å². The molecule has 0 aromatic heterocycles. The first-order chi connectivity index (χ1) is 12.6. The van der Waals surface area contributed by atoms with Crippen molar-refractivity contribution in [1.82, 2.24) is 0 Å². The molecule has 8 nitrogen and oxygen atoms in total. The molecular formula is C16H14Cl2N2O6S. The molecule has 2 rings (SSSR count). The highest BCUT2D eigenvalue weighted by molar-refractivity contribution is 7.92. The lowest BCUT2D eigenvalue weighted by Crippen LogP contribution is -2.36. The van der Waals surface area contributed by atoms with Crippen molar-refractivity contribution in [2.45, 2.75) is 11.8 Å². The van der Waals surface area contributed by atoms with Crippen LogP contribution in [0.3, 0.4) is 0 Å². The van der Waals surface area contributed by atoms with Gasteiger partial charge < -0.3 is 4.74 Å². The summed E-state index contributed by atoms with van der Waals surface area (Å²) in [6, 6.07) is 7.71. The highest BCUT2D eigenvalue weighted by Gasteiger charge is 2.31. The Hall–Kier alpha value is -2.36. The van der Waals surface area contributed by atoms with Crippen LogP contribution in [-0.2, 0) is 19.6 Å². The van der Waals surface area contributed by atoms with Crippen LogP contribution < -0.4 is 4.31 Å². The summed E-state index contributed by atoms with van der Waals surface area (Å²) in [4.78, 5) is 21.9. The number of methoxy groups -OCH3 is 1. The molecule has 0 aliphatic carbocycles. The molecule has 144 valence electrons. The second-order valence-electron chi connectivity index (χ2n) is 5.37. The molecule has 0 spiro atoms. The normalized spacial score (nSPS) is 11.1. The molecule has 0 amide bonds.